The van der Waals surface area contributed by atoms with Gasteiger partial charge < -0.3 is 10.1 Å². The molecular formula is C10H9F4NO2. The summed E-state index contributed by atoms with van der Waals surface area (Å²) in [5.74, 6) is -7.07. The number of esters is 1. The van der Waals surface area contributed by atoms with Gasteiger partial charge in [-0.25, -0.2) is 17.6 Å². The summed E-state index contributed by atoms with van der Waals surface area (Å²) < 4.78 is 56.1. The van der Waals surface area contributed by atoms with E-state index in [0.29, 0.717) is 0 Å². The summed E-state index contributed by atoms with van der Waals surface area (Å²) in [6.07, 6.45) is 0. The minimum absolute atomic E-state index is 0.0835. The number of hydrogen-bond acceptors (Lipinski definition) is 3. The number of nitrogens with one attached hydrogen (secondary N) is 1. The molecule has 0 fully saturated rings. The fourth-order valence-electron chi connectivity index (χ4n) is 1.10. The lowest BCUT2D eigenvalue weighted by Crippen LogP contribution is -2.18. The molecule has 0 aromatic heterocycles. The number of anilines is 1. The third-order valence-electron chi connectivity index (χ3n) is 1.83. The summed E-state index contributed by atoms with van der Waals surface area (Å²) in [5, 5.41) is 1.94. The molecular weight excluding hydrogens is 242 g/mol. The van der Waals surface area contributed by atoms with Gasteiger partial charge in [0.2, 0.25) is 0 Å². The van der Waals surface area contributed by atoms with E-state index in [9.17, 15) is 22.4 Å². The molecule has 3 nitrogen and oxygen atoms in total. The van der Waals surface area contributed by atoms with Crippen molar-refractivity contribution in [1.82, 2.24) is 0 Å². The van der Waals surface area contributed by atoms with E-state index in [4.69, 9.17) is 0 Å². The molecule has 0 aliphatic heterocycles. The molecule has 0 spiro atoms. The molecule has 0 bridgehead atoms. The van der Waals surface area contributed by atoms with E-state index in [0.717, 1.165) is 0 Å². The van der Waals surface area contributed by atoms with Crippen LogP contribution in [0.4, 0.5) is 23.2 Å². The Labute approximate surface area is 94.4 Å². The Bertz CT molecular complexity index is 411. The van der Waals surface area contributed by atoms with Gasteiger partial charge in [-0.1, -0.05) is 0 Å². The van der Waals surface area contributed by atoms with Gasteiger partial charge in [-0.05, 0) is 6.92 Å². The van der Waals surface area contributed by atoms with Crippen LogP contribution < -0.4 is 5.32 Å². The Morgan fingerprint density at radius 1 is 1.24 bits per heavy atom. The number of benzene rings is 1. The van der Waals surface area contributed by atoms with Crippen molar-refractivity contribution in [3.8, 4) is 0 Å². The molecule has 1 rings (SSSR count). The van der Waals surface area contributed by atoms with E-state index in [1.165, 1.54) is 0 Å². The molecule has 0 radical (unpaired) electrons. The highest BCUT2D eigenvalue weighted by Gasteiger charge is 2.19. The highest BCUT2D eigenvalue weighted by atomic mass is 19.2. The number of halogens is 4. The number of hydrogen-bond donors (Lipinski definition) is 1. The van der Waals surface area contributed by atoms with Crippen LogP contribution in [0.3, 0.4) is 0 Å². The quantitative estimate of drug-likeness (QED) is 0.506. The molecule has 0 amide bonds. The highest BCUT2D eigenvalue weighted by molar-refractivity contribution is 5.75. The van der Waals surface area contributed by atoms with Gasteiger partial charge in [0.1, 0.15) is 12.2 Å². The largest absolute Gasteiger partial charge is 0.465 e. The number of carbonyl (C=O) groups excluding carboxylic acids is 1. The maximum Gasteiger partial charge on any atom is 0.325 e. The lowest BCUT2D eigenvalue weighted by molar-refractivity contribution is -0.140. The van der Waals surface area contributed by atoms with Crippen LogP contribution in [0.25, 0.3) is 0 Å². The van der Waals surface area contributed by atoms with Gasteiger partial charge in [0.25, 0.3) is 0 Å². The van der Waals surface area contributed by atoms with Crippen molar-refractivity contribution in [2.75, 3.05) is 18.5 Å². The topological polar surface area (TPSA) is 38.3 Å². The van der Waals surface area contributed by atoms with Crippen LogP contribution in [0.5, 0.6) is 0 Å². The zero-order valence-corrected chi connectivity index (χ0v) is 8.82. The van der Waals surface area contributed by atoms with Gasteiger partial charge in [0, 0.05) is 6.07 Å². The molecule has 0 saturated carbocycles. The van der Waals surface area contributed by atoms with Crippen molar-refractivity contribution < 1.29 is 27.1 Å². The maximum absolute atomic E-state index is 13.1. The van der Waals surface area contributed by atoms with Crippen LogP contribution in [-0.2, 0) is 9.53 Å². The first-order chi connectivity index (χ1) is 7.97. The van der Waals surface area contributed by atoms with Crippen molar-refractivity contribution in [3.63, 3.8) is 0 Å². The van der Waals surface area contributed by atoms with Crippen molar-refractivity contribution in [3.05, 3.63) is 29.3 Å². The molecule has 0 aliphatic rings. The van der Waals surface area contributed by atoms with Crippen LogP contribution in [0.2, 0.25) is 0 Å². The summed E-state index contributed by atoms with van der Waals surface area (Å²) in [7, 11) is 0. The van der Waals surface area contributed by atoms with Gasteiger partial charge in [0.15, 0.2) is 23.3 Å². The molecule has 1 aromatic carbocycles. The van der Waals surface area contributed by atoms with E-state index >= 15 is 0 Å². The monoisotopic (exact) mass is 251 g/mol. The van der Waals surface area contributed by atoms with Gasteiger partial charge >= 0.3 is 5.97 Å². The Morgan fingerprint density at radius 3 is 2.24 bits per heavy atom. The molecule has 1 N–H and O–H groups in total. The zero-order valence-electron chi connectivity index (χ0n) is 8.82. The molecule has 0 aliphatic carbocycles. The van der Waals surface area contributed by atoms with E-state index in [1.54, 1.807) is 6.92 Å². The minimum Gasteiger partial charge on any atom is -0.465 e. The van der Waals surface area contributed by atoms with Crippen molar-refractivity contribution in [2.45, 2.75) is 6.92 Å². The maximum atomic E-state index is 13.1. The Hall–Kier alpha value is -1.79. The molecule has 17 heavy (non-hydrogen) atoms. The third-order valence-corrected chi connectivity index (χ3v) is 1.83. The van der Waals surface area contributed by atoms with Gasteiger partial charge in [0.05, 0.1) is 6.61 Å². The smallest absolute Gasteiger partial charge is 0.325 e. The average Bonchev–Trinajstić information content (AvgIpc) is 2.27. The lowest BCUT2D eigenvalue weighted by Gasteiger charge is -2.09. The SMILES string of the molecule is CCOC(=O)CNc1c(F)c(F)cc(F)c1F. The van der Waals surface area contributed by atoms with E-state index < -0.39 is 41.5 Å². The fourth-order valence-corrected chi connectivity index (χ4v) is 1.10. The first-order valence-corrected chi connectivity index (χ1v) is 4.69. The summed E-state index contributed by atoms with van der Waals surface area (Å²) in [4.78, 5) is 10.9. The predicted octanol–water partition coefficient (Wildman–Crippen LogP) is 2.22. The van der Waals surface area contributed by atoms with Crippen LogP contribution in [0.1, 0.15) is 6.92 Å². The van der Waals surface area contributed by atoms with Crippen LogP contribution in [-0.4, -0.2) is 19.1 Å². The molecule has 7 heteroatoms. The minimum atomic E-state index is -1.59. The van der Waals surface area contributed by atoms with Crippen LogP contribution in [0, 0.1) is 23.3 Å². The van der Waals surface area contributed by atoms with E-state index in [1.807, 2.05) is 5.32 Å². The van der Waals surface area contributed by atoms with Crippen LogP contribution >= 0.6 is 0 Å². The normalized spacial score (nSPS) is 10.2. The van der Waals surface area contributed by atoms with Gasteiger partial charge in [-0.2, -0.15) is 0 Å². The Morgan fingerprint density at radius 2 is 1.76 bits per heavy atom. The number of rotatable bonds is 4. The van der Waals surface area contributed by atoms with Gasteiger partial charge in [-0.3, -0.25) is 4.79 Å². The number of carbonyl (C=O) groups is 1. The second-order valence-corrected chi connectivity index (χ2v) is 3.00. The molecule has 0 heterocycles. The van der Waals surface area contributed by atoms with E-state index in [-0.39, 0.29) is 12.7 Å². The molecule has 1 aromatic rings. The zero-order chi connectivity index (χ0) is 13.0. The Balaban J connectivity index is 2.87. The lowest BCUT2D eigenvalue weighted by atomic mass is 10.2. The van der Waals surface area contributed by atoms with Gasteiger partial charge in [-0.15, -0.1) is 0 Å². The third kappa shape index (κ3) is 3.08. The summed E-state index contributed by atoms with van der Waals surface area (Å²) in [6.45, 7) is 1.04. The highest BCUT2D eigenvalue weighted by Crippen LogP contribution is 2.23. The van der Waals surface area contributed by atoms with E-state index in [2.05, 4.69) is 4.74 Å². The molecule has 0 atom stereocenters. The van der Waals surface area contributed by atoms with Crippen molar-refractivity contribution >= 4 is 11.7 Å². The summed E-state index contributed by atoms with van der Waals surface area (Å²) in [6, 6.07) is 0.0835. The second kappa shape index (κ2) is 5.51. The standard InChI is InChI=1S/C10H9F4NO2/c1-2-17-7(16)4-15-10-8(13)5(11)3-6(12)9(10)14/h3,15H,2,4H2,1H3. The second-order valence-electron chi connectivity index (χ2n) is 3.00. The molecule has 94 valence electrons. The molecule has 0 saturated heterocycles. The average molecular weight is 251 g/mol. The fraction of sp³-hybridized carbons (Fsp3) is 0.300. The first-order valence-electron chi connectivity index (χ1n) is 4.69. The van der Waals surface area contributed by atoms with Crippen molar-refractivity contribution in [2.24, 2.45) is 0 Å². The first kappa shape index (κ1) is 13.3. The summed E-state index contributed by atoms with van der Waals surface area (Å²) >= 11 is 0. The summed E-state index contributed by atoms with van der Waals surface area (Å²) in [5.41, 5.74) is -1.03. The van der Waals surface area contributed by atoms with Crippen molar-refractivity contribution in [1.29, 1.82) is 0 Å². The van der Waals surface area contributed by atoms with Crippen LogP contribution in [0.15, 0.2) is 6.07 Å². The number of ether oxygens (including phenoxy) is 1. The molecule has 0 unspecified atom stereocenters. The Kier molecular flexibility index (Phi) is 4.30. The predicted molar refractivity (Wildman–Crippen MR) is 51.4 cm³/mol.